The first kappa shape index (κ1) is 13.1. The van der Waals surface area contributed by atoms with E-state index in [0.717, 1.165) is 16.5 Å². The van der Waals surface area contributed by atoms with Crippen molar-refractivity contribution in [1.82, 2.24) is 4.98 Å². The summed E-state index contributed by atoms with van der Waals surface area (Å²) >= 11 is 0. The van der Waals surface area contributed by atoms with Gasteiger partial charge in [-0.2, -0.15) is 0 Å². The van der Waals surface area contributed by atoms with Crippen LogP contribution >= 0.6 is 0 Å². The van der Waals surface area contributed by atoms with E-state index < -0.39 is 5.97 Å². The van der Waals surface area contributed by atoms with E-state index in [1.54, 1.807) is 13.0 Å². The molecule has 0 aliphatic carbocycles. The molecule has 0 saturated carbocycles. The molecule has 0 aliphatic heterocycles. The number of benzene rings is 1. The van der Waals surface area contributed by atoms with Crippen LogP contribution in [-0.2, 0) is 14.3 Å². The van der Waals surface area contributed by atoms with E-state index in [0.29, 0.717) is 6.61 Å². The number of nitrogens with one attached hydrogen (secondary N) is 1. The van der Waals surface area contributed by atoms with Crippen LogP contribution in [0.4, 0.5) is 0 Å². The quantitative estimate of drug-likeness (QED) is 0.509. The zero-order valence-electron chi connectivity index (χ0n) is 10.7. The number of hydrogen-bond donors (Lipinski definition) is 1. The van der Waals surface area contributed by atoms with Gasteiger partial charge in [-0.05, 0) is 36.1 Å². The summed E-state index contributed by atoms with van der Waals surface area (Å²) in [6.45, 7) is 2.00. The molecule has 19 heavy (non-hydrogen) atoms. The second-order valence-corrected chi connectivity index (χ2v) is 4.11. The average Bonchev–Trinajstić information content (AvgIpc) is 2.83. The maximum atomic E-state index is 11.5. The van der Waals surface area contributed by atoms with Crippen LogP contribution in [0, 0.1) is 0 Å². The largest absolute Gasteiger partial charge is 0.466 e. The summed E-state index contributed by atoms with van der Waals surface area (Å²) in [7, 11) is 0. The number of rotatable bonds is 5. The Morgan fingerprint density at radius 3 is 2.95 bits per heavy atom. The summed E-state index contributed by atoms with van der Waals surface area (Å²) < 4.78 is 4.71. The summed E-state index contributed by atoms with van der Waals surface area (Å²) in [5.41, 5.74) is 1.92. The fourth-order valence-corrected chi connectivity index (χ4v) is 1.77. The first-order chi connectivity index (χ1) is 9.19. The number of hydrogen-bond acceptors (Lipinski definition) is 3. The Balaban J connectivity index is 2.01. The molecule has 0 aliphatic rings. The normalized spacial score (nSPS) is 11.0. The number of ketones is 1. The molecule has 4 nitrogen and oxygen atoms in total. The lowest BCUT2D eigenvalue weighted by atomic mass is 10.1. The maximum Gasteiger partial charge on any atom is 0.313 e. The number of ether oxygens (including phenoxy) is 1. The van der Waals surface area contributed by atoms with Gasteiger partial charge in [-0.3, -0.25) is 9.59 Å². The fraction of sp³-hybridized carbons (Fsp3) is 0.200. The lowest BCUT2D eigenvalue weighted by Gasteiger charge is -1.98. The first-order valence-corrected chi connectivity index (χ1v) is 6.12. The Hall–Kier alpha value is -2.36. The van der Waals surface area contributed by atoms with Gasteiger partial charge in [-0.1, -0.05) is 18.2 Å². The van der Waals surface area contributed by atoms with Gasteiger partial charge in [0.1, 0.15) is 6.42 Å². The number of esters is 1. The van der Waals surface area contributed by atoms with Crippen LogP contribution in [-0.4, -0.2) is 23.3 Å². The highest BCUT2D eigenvalue weighted by molar-refractivity contribution is 6.04. The van der Waals surface area contributed by atoms with E-state index in [1.165, 1.54) is 6.08 Å². The molecule has 1 aromatic carbocycles. The molecule has 0 bridgehead atoms. The summed E-state index contributed by atoms with van der Waals surface area (Å²) in [4.78, 5) is 25.7. The van der Waals surface area contributed by atoms with Crippen LogP contribution in [0.5, 0.6) is 0 Å². The summed E-state index contributed by atoms with van der Waals surface area (Å²) in [5.74, 6) is -0.748. The van der Waals surface area contributed by atoms with Crippen LogP contribution < -0.4 is 0 Å². The van der Waals surface area contributed by atoms with Crippen LogP contribution in [0.3, 0.4) is 0 Å². The SMILES string of the molecule is CCOC(=O)CC(=O)/C=C/c1ccc2cc[nH]c2c1. The van der Waals surface area contributed by atoms with E-state index in [-0.39, 0.29) is 12.2 Å². The number of fused-ring (bicyclic) bond motifs is 1. The van der Waals surface area contributed by atoms with E-state index in [4.69, 9.17) is 4.74 Å². The number of allylic oxidation sites excluding steroid dienone is 1. The van der Waals surface area contributed by atoms with Crippen LogP contribution in [0.2, 0.25) is 0 Å². The number of H-pyrrole nitrogens is 1. The third-order valence-corrected chi connectivity index (χ3v) is 2.66. The van der Waals surface area contributed by atoms with Gasteiger partial charge in [0.25, 0.3) is 0 Å². The number of carbonyl (C=O) groups is 2. The molecule has 1 aromatic heterocycles. The molecule has 98 valence electrons. The van der Waals surface area contributed by atoms with Crippen LogP contribution in [0.1, 0.15) is 18.9 Å². The second kappa shape index (κ2) is 6.00. The predicted octanol–water partition coefficient (Wildman–Crippen LogP) is 2.70. The van der Waals surface area contributed by atoms with Crippen molar-refractivity contribution in [3.05, 3.63) is 42.1 Å². The number of aromatic nitrogens is 1. The van der Waals surface area contributed by atoms with E-state index in [2.05, 4.69) is 4.98 Å². The molecule has 0 spiro atoms. The zero-order chi connectivity index (χ0) is 13.7. The molecule has 2 rings (SSSR count). The molecule has 0 atom stereocenters. The molecule has 0 fully saturated rings. The number of carbonyl (C=O) groups excluding carboxylic acids is 2. The Kier molecular flexibility index (Phi) is 4.13. The number of aromatic amines is 1. The van der Waals surface area contributed by atoms with Gasteiger partial charge in [0.15, 0.2) is 5.78 Å². The molecular weight excluding hydrogens is 242 g/mol. The average molecular weight is 257 g/mol. The summed E-state index contributed by atoms with van der Waals surface area (Å²) in [5, 5.41) is 1.12. The van der Waals surface area contributed by atoms with Crippen molar-refractivity contribution in [3.8, 4) is 0 Å². The lowest BCUT2D eigenvalue weighted by molar-refractivity contribution is -0.144. The van der Waals surface area contributed by atoms with Crippen molar-refractivity contribution in [3.63, 3.8) is 0 Å². The van der Waals surface area contributed by atoms with Crippen LogP contribution in [0.15, 0.2) is 36.5 Å². The second-order valence-electron chi connectivity index (χ2n) is 4.11. The molecular formula is C15H15NO3. The maximum absolute atomic E-state index is 11.5. The van der Waals surface area contributed by atoms with Gasteiger partial charge < -0.3 is 9.72 Å². The Morgan fingerprint density at radius 1 is 1.32 bits per heavy atom. The summed E-state index contributed by atoms with van der Waals surface area (Å²) in [6.07, 6.45) is 4.75. The minimum atomic E-state index is -0.489. The minimum Gasteiger partial charge on any atom is -0.466 e. The Morgan fingerprint density at radius 2 is 2.16 bits per heavy atom. The highest BCUT2D eigenvalue weighted by Gasteiger charge is 2.06. The highest BCUT2D eigenvalue weighted by atomic mass is 16.5. The zero-order valence-corrected chi connectivity index (χ0v) is 10.7. The molecule has 0 amide bonds. The highest BCUT2D eigenvalue weighted by Crippen LogP contribution is 2.15. The molecule has 0 saturated heterocycles. The third kappa shape index (κ3) is 3.55. The van der Waals surface area contributed by atoms with Gasteiger partial charge in [0.2, 0.25) is 0 Å². The van der Waals surface area contributed by atoms with Crippen molar-refractivity contribution >= 4 is 28.7 Å². The first-order valence-electron chi connectivity index (χ1n) is 6.12. The topological polar surface area (TPSA) is 59.2 Å². The smallest absolute Gasteiger partial charge is 0.313 e. The monoisotopic (exact) mass is 257 g/mol. The van der Waals surface area contributed by atoms with Crippen LogP contribution in [0.25, 0.3) is 17.0 Å². The van der Waals surface area contributed by atoms with Crippen molar-refractivity contribution in [2.24, 2.45) is 0 Å². The van der Waals surface area contributed by atoms with E-state index in [9.17, 15) is 9.59 Å². The Labute approximate surface area is 111 Å². The third-order valence-electron chi connectivity index (χ3n) is 2.66. The fourth-order valence-electron chi connectivity index (χ4n) is 1.77. The van der Waals surface area contributed by atoms with Crippen molar-refractivity contribution in [1.29, 1.82) is 0 Å². The van der Waals surface area contributed by atoms with E-state index >= 15 is 0 Å². The van der Waals surface area contributed by atoms with Gasteiger partial charge in [-0.25, -0.2) is 0 Å². The Bertz CT molecular complexity index is 625. The van der Waals surface area contributed by atoms with Gasteiger partial charge >= 0.3 is 5.97 Å². The van der Waals surface area contributed by atoms with E-state index in [1.807, 2.05) is 30.5 Å². The lowest BCUT2D eigenvalue weighted by Crippen LogP contribution is -2.08. The van der Waals surface area contributed by atoms with Crippen molar-refractivity contribution in [2.75, 3.05) is 6.61 Å². The van der Waals surface area contributed by atoms with Gasteiger partial charge in [0, 0.05) is 11.7 Å². The standard InChI is InChI=1S/C15H15NO3/c1-2-19-15(18)10-13(17)6-4-11-3-5-12-7-8-16-14(12)9-11/h3-9,16H,2,10H2,1H3/b6-4+. The molecule has 4 heteroatoms. The van der Waals surface area contributed by atoms with Gasteiger partial charge in [-0.15, -0.1) is 0 Å². The van der Waals surface area contributed by atoms with Gasteiger partial charge in [0.05, 0.1) is 6.61 Å². The predicted molar refractivity (Wildman–Crippen MR) is 73.6 cm³/mol. The molecule has 0 unspecified atom stereocenters. The summed E-state index contributed by atoms with van der Waals surface area (Å²) in [6, 6.07) is 7.82. The minimum absolute atomic E-state index is 0.213. The molecule has 1 heterocycles. The molecule has 0 radical (unpaired) electrons. The van der Waals surface area contributed by atoms with Crippen molar-refractivity contribution in [2.45, 2.75) is 13.3 Å². The molecule has 2 aromatic rings. The van der Waals surface area contributed by atoms with Crippen molar-refractivity contribution < 1.29 is 14.3 Å². The molecule has 1 N–H and O–H groups in total.